The number of hydrogen-bond acceptors (Lipinski definition) is 11. The summed E-state index contributed by atoms with van der Waals surface area (Å²) in [6, 6.07) is 13.4. The summed E-state index contributed by atoms with van der Waals surface area (Å²) in [6.07, 6.45) is 1.23. The lowest BCUT2D eigenvalue weighted by molar-refractivity contribution is -0.150. The molecule has 0 spiro atoms. The van der Waals surface area contributed by atoms with Crippen molar-refractivity contribution in [1.82, 2.24) is 10.2 Å². The maximum absolute atomic E-state index is 13.0. The van der Waals surface area contributed by atoms with Crippen LogP contribution in [-0.2, 0) is 43.7 Å². The molecule has 2 rings (SSSR count). The van der Waals surface area contributed by atoms with Gasteiger partial charge < -0.3 is 39.6 Å². The number of hydrogen-bond donors (Lipinski definition) is 4. The monoisotopic (exact) mass is 754 g/mol. The molecule has 1 amide bonds. The summed E-state index contributed by atoms with van der Waals surface area (Å²) < 4.78 is 21.6. The van der Waals surface area contributed by atoms with Crippen LogP contribution in [-0.4, -0.2) is 108 Å². The van der Waals surface area contributed by atoms with Crippen molar-refractivity contribution in [3.8, 4) is 11.5 Å². The van der Waals surface area contributed by atoms with Gasteiger partial charge >= 0.3 is 29.8 Å². The molecule has 54 heavy (non-hydrogen) atoms. The minimum atomic E-state index is -1.34. The fraction of sp³-hybridized carbons (Fsp3) is 0.436. The quantitative estimate of drug-likeness (QED) is 0.0608. The Kier molecular flexibility index (Phi) is 18.4. The van der Waals surface area contributed by atoms with Crippen LogP contribution in [0.2, 0.25) is 0 Å². The Bertz CT molecular complexity index is 1530. The standard InChI is InChI=1S/C39H50N2O13/c1-26(2)37(49)53-22-20-51-30-13-9-28(10-14-30)39(5,29-11-15-31(16-12-29)52-21-23-54-38(50)27(3)4)18-17-33(42)40-19-7-6-8-32(36(47)48)41(24-34(43)44)25-35(45)46/h9-16,32H,1,3,6-8,17-25H2,2,4-5H3,(H,40,42)(H,43,44)(H,45,46)(H,47,48). The van der Waals surface area contributed by atoms with Gasteiger partial charge in [-0.1, -0.05) is 44.3 Å². The number of carbonyl (C=O) groups is 6. The molecule has 15 heteroatoms. The third kappa shape index (κ3) is 15.5. The van der Waals surface area contributed by atoms with Gasteiger partial charge in [-0.25, -0.2) is 9.59 Å². The topological polar surface area (TPSA) is 215 Å². The number of nitrogens with zero attached hydrogens (tertiary/aromatic N) is 1. The van der Waals surface area contributed by atoms with E-state index in [9.17, 15) is 33.9 Å². The molecule has 2 aromatic carbocycles. The van der Waals surface area contributed by atoms with E-state index in [0.717, 1.165) is 16.0 Å². The van der Waals surface area contributed by atoms with Crippen molar-refractivity contribution in [2.75, 3.05) is 46.1 Å². The van der Waals surface area contributed by atoms with Gasteiger partial charge in [-0.05, 0) is 74.9 Å². The Hall–Kier alpha value is -5.70. The van der Waals surface area contributed by atoms with Crippen LogP contribution >= 0.6 is 0 Å². The number of rotatable bonds is 26. The number of carboxylic acid groups (broad SMARTS) is 3. The van der Waals surface area contributed by atoms with Gasteiger partial charge in [0.1, 0.15) is 44.0 Å². The number of nitrogens with one attached hydrogen (secondary N) is 1. The molecule has 0 saturated carbocycles. The summed E-state index contributed by atoms with van der Waals surface area (Å²) in [5, 5.41) is 30.6. The molecule has 0 fully saturated rings. The Morgan fingerprint density at radius 1 is 0.722 bits per heavy atom. The third-order valence-electron chi connectivity index (χ3n) is 8.33. The summed E-state index contributed by atoms with van der Waals surface area (Å²) in [6.45, 7) is 11.4. The van der Waals surface area contributed by atoms with E-state index in [1.165, 1.54) is 0 Å². The minimum absolute atomic E-state index is 0.00252. The van der Waals surface area contributed by atoms with Crippen molar-refractivity contribution in [1.29, 1.82) is 0 Å². The zero-order chi connectivity index (χ0) is 40.3. The van der Waals surface area contributed by atoms with Crippen molar-refractivity contribution in [3.05, 3.63) is 84.0 Å². The number of ether oxygens (including phenoxy) is 4. The molecule has 0 heterocycles. The molecule has 15 nitrogen and oxygen atoms in total. The van der Waals surface area contributed by atoms with Gasteiger partial charge in [0, 0.05) is 29.5 Å². The summed E-state index contributed by atoms with van der Waals surface area (Å²) in [5.74, 6) is -4.13. The Morgan fingerprint density at radius 2 is 1.17 bits per heavy atom. The highest BCUT2D eigenvalue weighted by Crippen LogP contribution is 2.38. The van der Waals surface area contributed by atoms with E-state index < -0.39 is 54.4 Å². The highest BCUT2D eigenvalue weighted by molar-refractivity contribution is 5.87. The van der Waals surface area contributed by atoms with Crippen molar-refractivity contribution < 1.29 is 63.0 Å². The van der Waals surface area contributed by atoms with Gasteiger partial charge in [0.05, 0.1) is 13.1 Å². The number of aliphatic carboxylic acids is 3. The highest BCUT2D eigenvalue weighted by atomic mass is 16.6. The first-order chi connectivity index (χ1) is 25.5. The second-order valence-electron chi connectivity index (χ2n) is 12.8. The molecular weight excluding hydrogens is 704 g/mol. The second kappa shape index (κ2) is 22.4. The van der Waals surface area contributed by atoms with E-state index in [1.54, 1.807) is 38.1 Å². The van der Waals surface area contributed by atoms with Crippen LogP contribution in [0.4, 0.5) is 0 Å². The van der Waals surface area contributed by atoms with E-state index in [4.69, 9.17) is 29.2 Å². The van der Waals surface area contributed by atoms with E-state index in [-0.39, 0.29) is 51.7 Å². The third-order valence-corrected chi connectivity index (χ3v) is 8.33. The van der Waals surface area contributed by atoms with Gasteiger partial charge in [0.25, 0.3) is 0 Å². The molecule has 0 saturated heterocycles. The SMILES string of the molecule is C=C(C)C(=O)OCCOc1ccc(C(C)(CCC(=O)NCCCCC(C(=O)O)N(CC(=O)O)CC(=O)O)c2ccc(OCCOC(=O)C(=C)C)cc2)cc1. The van der Waals surface area contributed by atoms with Crippen molar-refractivity contribution >= 4 is 35.8 Å². The van der Waals surface area contributed by atoms with E-state index in [0.29, 0.717) is 41.9 Å². The fourth-order valence-corrected chi connectivity index (χ4v) is 5.36. The van der Waals surface area contributed by atoms with E-state index in [1.807, 2.05) is 31.2 Å². The van der Waals surface area contributed by atoms with Crippen LogP contribution in [0.15, 0.2) is 72.8 Å². The van der Waals surface area contributed by atoms with Crippen LogP contribution in [0, 0.1) is 0 Å². The summed E-state index contributed by atoms with van der Waals surface area (Å²) in [5.41, 5.74) is 1.71. The average molecular weight is 755 g/mol. The predicted molar refractivity (Wildman–Crippen MR) is 196 cm³/mol. The fourth-order valence-electron chi connectivity index (χ4n) is 5.36. The normalized spacial score (nSPS) is 11.6. The predicted octanol–water partition coefficient (Wildman–Crippen LogP) is 3.98. The maximum atomic E-state index is 13.0. The molecule has 1 atom stereocenters. The van der Waals surface area contributed by atoms with Gasteiger partial charge in [-0.2, -0.15) is 0 Å². The van der Waals surface area contributed by atoms with Gasteiger partial charge in [0.15, 0.2) is 0 Å². The van der Waals surface area contributed by atoms with Gasteiger partial charge in [-0.15, -0.1) is 0 Å². The zero-order valence-electron chi connectivity index (χ0n) is 31.0. The number of unbranched alkanes of at least 4 members (excludes halogenated alkanes) is 1. The molecule has 0 aliphatic heterocycles. The molecule has 2 aromatic rings. The maximum Gasteiger partial charge on any atom is 0.333 e. The Balaban J connectivity index is 2.08. The second-order valence-corrected chi connectivity index (χ2v) is 12.8. The lowest BCUT2D eigenvalue weighted by Gasteiger charge is -2.31. The van der Waals surface area contributed by atoms with Crippen LogP contribution in [0.3, 0.4) is 0 Å². The van der Waals surface area contributed by atoms with Crippen LogP contribution < -0.4 is 14.8 Å². The lowest BCUT2D eigenvalue weighted by atomic mass is 9.73. The van der Waals surface area contributed by atoms with Gasteiger partial charge in [0.2, 0.25) is 5.91 Å². The number of carbonyl (C=O) groups excluding carboxylic acids is 3. The molecule has 1 unspecified atom stereocenters. The number of amides is 1. The van der Waals surface area contributed by atoms with Crippen LogP contribution in [0.25, 0.3) is 0 Å². The first kappa shape index (κ1) is 44.5. The van der Waals surface area contributed by atoms with E-state index in [2.05, 4.69) is 18.5 Å². The molecule has 294 valence electrons. The number of carboxylic acids is 3. The highest BCUT2D eigenvalue weighted by Gasteiger charge is 2.31. The average Bonchev–Trinajstić information content (AvgIpc) is 3.11. The largest absolute Gasteiger partial charge is 0.490 e. The van der Waals surface area contributed by atoms with Crippen LogP contribution in [0.1, 0.15) is 64.0 Å². The summed E-state index contributed by atoms with van der Waals surface area (Å²) in [4.78, 5) is 71.2. The molecule has 0 aliphatic rings. The molecule has 0 aromatic heterocycles. The van der Waals surface area contributed by atoms with Crippen molar-refractivity contribution in [2.45, 2.75) is 64.3 Å². The molecule has 4 N–H and O–H groups in total. The summed E-state index contributed by atoms with van der Waals surface area (Å²) >= 11 is 0. The van der Waals surface area contributed by atoms with Crippen LogP contribution in [0.5, 0.6) is 11.5 Å². The number of benzene rings is 2. The molecule has 0 aliphatic carbocycles. The summed E-state index contributed by atoms with van der Waals surface area (Å²) in [7, 11) is 0. The first-order valence-corrected chi connectivity index (χ1v) is 17.3. The van der Waals surface area contributed by atoms with Crippen molar-refractivity contribution in [3.63, 3.8) is 0 Å². The lowest BCUT2D eigenvalue weighted by Crippen LogP contribution is -2.46. The Labute approximate surface area is 314 Å². The first-order valence-electron chi connectivity index (χ1n) is 17.3. The number of esters is 2. The smallest absolute Gasteiger partial charge is 0.333 e. The zero-order valence-corrected chi connectivity index (χ0v) is 31.0. The molecule has 0 bridgehead atoms. The van der Waals surface area contributed by atoms with Gasteiger partial charge in [-0.3, -0.25) is 24.1 Å². The molecule has 0 radical (unpaired) electrons. The Morgan fingerprint density at radius 3 is 1.56 bits per heavy atom. The minimum Gasteiger partial charge on any atom is -0.490 e. The van der Waals surface area contributed by atoms with Crippen molar-refractivity contribution in [2.24, 2.45) is 0 Å². The van der Waals surface area contributed by atoms with E-state index >= 15 is 0 Å². The molecular formula is C39H50N2O13.